The van der Waals surface area contributed by atoms with Crippen molar-refractivity contribution >= 4 is 44.7 Å². The second-order valence-corrected chi connectivity index (χ2v) is 6.32. The van der Waals surface area contributed by atoms with E-state index in [0.717, 1.165) is 29.3 Å². The van der Waals surface area contributed by atoms with E-state index in [1.807, 2.05) is 0 Å². The smallest absolute Gasteiger partial charge is 0.227 e. The average Bonchev–Trinajstić information content (AvgIpc) is 2.36. The molecule has 0 atom stereocenters. The molecule has 0 unspecified atom stereocenters. The van der Waals surface area contributed by atoms with Crippen LogP contribution < -0.4 is 11.1 Å². The molecule has 1 amide bonds. The Kier molecular flexibility index (Phi) is 4.78. The van der Waals surface area contributed by atoms with Gasteiger partial charge in [0.1, 0.15) is 4.99 Å². The maximum absolute atomic E-state index is 12.1. The van der Waals surface area contributed by atoms with Gasteiger partial charge in [-0.2, -0.15) is 0 Å². The van der Waals surface area contributed by atoms with E-state index in [2.05, 4.69) is 21.2 Å². The van der Waals surface area contributed by atoms with Gasteiger partial charge in [-0.15, -0.1) is 0 Å². The third-order valence-electron chi connectivity index (χ3n) is 3.71. The SMILES string of the molecule is COC1(CC(=O)Nc2ccc(C(N)=S)cc2Br)CCC1. The molecule has 0 aromatic heterocycles. The molecule has 1 aliphatic carbocycles. The number of carbonyl (C=O) groups is 1. The van der Waals surface area contributed by atoms with Crippen molar-refractivity contribution in [3.8, 4) is 0 Å². The number of thiocarbonyl (C=S) groups is 1. The highest BCUT2D eigenvalue weighted by molar-refractivity contribution is 9.10. The normalized spacial score (nSPS) is 16.3. The summed E-state index contributed by atoms with van der Waals surface area (Å²) in [7, 11) is 1.67. The van der Waals surface area contributed by atoms with Gasteiger partial charge in [0, 0.05) is 17.1 Å². The average molecular weight is 357 g/mol. The minimum Gasteiger partial charge on any atom is -0.389 e. The van der Waals surface area contributed by atoms with Crippen LogP contribution in [0.2, 0.25) is 0 Å². The number of benzene rings is 1. The molecule has 1 aliphatic rings. The number of methoxy groups -OCH3 is 1. The van der Waals surface area contributed by atoms with Gasteiger partial charge in [-0.05, 0) is 53.4 Å². The van der Waals surface area contributed by atoms with Crippen LogP contribution in [-0.4, -0.2) is 23.6 Å². The van der Waals surface area contributed by atoms with Crippen molar-refractivity contribution < 1.29 is 9.53 Å². The van der Waals surface area contributed by atoms with Crippen molar-refractivity contribution in [1.29, 1.82) is 0 Å². The molecular formula is C14H17BrN2O2S. The summed E-state index contributed by atoms with van der Waals surface area (Å²) in [5.74, 6) is -0.0460. The number of carbonyl (C=O) groups excluding carboxylic acids is 1. The molecule has 0 heterocycles. The van der Waals surface area contributed by atoms with E-state index in [1.165, 1.54) is 0 Å². The third kappa shape index (κ3) is 3.37. The zero-order chi connectivity index (χ0) is 14.8. The molecule has 6 heteroatoms. The van der Waals surface area contributed by atoms with E-state index >= 15 is 0 Å². The summed E-state index contributed by atoms with van der Waals surface area (Å²) in [5.41, 5.74) is 6.77. The Morgan fingerprint density at radius 2 is 2.25 bits per heavy atom. The van der Waals surface area contributed by atoms with E-state index < -0.39 is 0 Å². The van der Waals surface area contributed by atoms with Crippen LogP contribution in [0.5, 0.6) is 0 Å². The Morgan fingerprint density at radius 3 is 2.70 bits per heavy atom. The minimum absolute atomic E-state index is 0.0460. The predicted molar refractivity (Wildman–Crippen MR) is 86.9 cm³/mol. The highest BCUT2D eigenvalue weighted by Crippen LogP contribution is 2.38. The number of hydrogen-bond acceptors (Lipinski definition) is 3. The van der Waals surface area contributed by atoms with Gasteiger partial charge in [0.05, 0.1) is 17.7 Å². The highest BCUT2D eigenvalue weighted by atomic mass is 79.9. The lowest BCUT2D eigenvalue weighted by Gasteiger charge is -2.39. The van der Waals surface area contributed by atoms with Crippen LogP contribution in [0.3, 0.4) is 0 Å². The number of anilines is 1. The van der Waals surface area contributed by atoms with Crippen LogP contribution >= 0.6 is 28.1 Å². The molecule has 20 heavy (non-hydrogen) atoms. The van der Waals surface area contributed by atoms with Gasteiger partial charge in [-0.3, -0.25) is 4.79 Å². The molecule has 1 aromatic rings. The van der Waals surface area contributed by atoms with Gasteiger partial charge < -0.3 is 15.8 Å². The van der Waals surface area contributed by atoms with Gasteiger partial charge in [0.15, 0.2) is 0 Å². The number of hydrogen-bond donors (Lipinski definition) is 2. The number of amides is 1. The van der Waals surface area contributed by atoms with Crippen molar-refractivity contribution in [3.05, 3.63) is 28.2 Å². The molecule has 0 saturated heterocycles. The predicted octanol–water partition coefficient (Wildman–Crippen LogP) is 2.98. The Balaban J connectivity index is 2.02. The molecule has 4 nitrogen and oxygen atoms in total. The number of nitrogens with one attached hydrogen (secondary N) is 1. The van der Waals surface area contributed by atoms with Gasteiger partial charge in [-0.25, -0.2) is 0 Å². The van der Waals surface area contributed by atoms with Crippen LogP contribution in [0.1, 0.15) is 31.2 Å². The molecule has 1 fully saturated rings. The first-order valence-corrected chi connectivity index (χ1v) is 7.60. The summed E-state index contributed by atoms with van der Waals surface area (Å²) in [6.07, 6.45) is 3.39. The molecule has 2 rings (SSSR count). The first-order chi connectivity index (χ1) is 9.46. The minimum atomic E-state index is -0.269. The molecule has 1 aromatic carbocycles. The number of nitrogens with two attached hydrogens (primary N) is 1. The first-order valence-electron chi connectivity index (χ1n) is 6.40. The summed E-state index contributed by atoms with van der Waals surface area (Å²) in [4.78, 5) is 12.4. The van der Waals surface area contributed by atoms with E-state index in [0.29, 0.717) is 17.1 Å². The van der Waals surface area contributed by atoms with Gasteiger partial charge >= 0.3 is 0 Å². The van der Waals surface area contributed by atoms with Crippen LogP contribution in [0.4, 0.5) is 5.69 Å². The maximum Gasteiger partial charge on any atom is 0.227 e. The maximum atomic E-state index is 12.1. The Morgan fingerprint density at radius 1 is 1.55 bits per heavy atom. The zero-order valence-corrected chi connectivity index (χ0v) is 13.6. The molecule has 3 N–H and O–H groups in total. The van der Waals surface area contributed by atoms with Crippen LogP contribution in [0.15, 0.2) is 22.7 Å². The van der Waals surface area contributed by atoms with E-state index in [4.69, 9.17) is 22.7 Å². The standard InChI is InChI=1S/C14H17BrN2O2S/c1-19-14(5-2-6-14)8-12(18)17-11-4-3-9(13(16)20)7-10(11)15/h3-4,7H,2,5-6,8H2,1H3,(H2,16,20)(H,17,18). The van der Waals surface area contributed by atoms with Crippen molar-refractivity contribution in [1.82, 2.24) is 0 Å². The van der Waals surface area contributed by atoms with Crippen LogP contribution in [0, 0.1) is 0 Å². The van der Waals surface area contributed by atoms with E-state index in [1.54, 1.807) is 25.3 Å². The molecule has 108 valence electrons. The molecule has 0 spiro atoms. The van der Waals surface area contributed by atoms with E-state index in [-0.39, 0.29) is 11.5 Å². The first kappa shape index (κ1) is 15.4. The molecule has 1 saturated carbocycles. The summed E-state index contributed by atoms with van der Waals surface area (Å²) in [6.45, 7) is 0. The molecule has 0 radical (unpaired) electrons. The monoisotopic (exact) mass is 356 g/mol. The third-order valence-corrected chi connectivity index (χ3v) is 4.60. The van der Waals surface area contributed by atoms with Gasteiger partial charge in [0.25, 0.3) is 0 Å². The highest BCUT2D eigenvalue weighted by Gasteiger charge is 2.39. The second kappa shape index (κ2) is 6.20. The lowest BCUT2D eigenvalue weighted by atomic mass is 9.77. The number of rotatable bonds is 5. The Bertz CT molecular complexity index is 538. The fourth-order valence-electron chi connectivity index (χ4n) is 2.28. The number of halogens is 1. The van der Waals surface area contributed by atoms with Crippen LogP contribution in [0.25, 0.3) is 0 Å². The lowest BCUT2D eigenvalue weighted by molar-refractivity contribution is -0.129. The summed E-state index contributed by atoms with van der Waals surface area (Å²) in [5, 5.41) is 2.88. The quantitative estimate of drug-likeness (QED) is 0.796. The van der Waals surface area contributed by atoms with Crippen molar-refractivity contribution in [2.45, 2.75) is 31.3 Å². The Labute approximate surface area is 132 Å². The molecular weight excluding hydrogens is 340 g/mol. The largest absolute Gasteiger partial charge is 0.389 e. The van der Waals surface area contributed by atoms with E-state index in [9.17, 15) is 4.79 Å². The zero-order valence-electron chi connectivity index (χ0n) is 11.2. The summed E-state index contributed by atoms with van der Waals surface area (Å²) in [6, 6.07) is 5.38. The van der Waals surface area contributed by atoms with Gasteiger partial charge in [0.2, 0.25) is 5.91 Å². The van der Waals surface area contributed by atoms with Crippen LogP contribution in [-0.2, 0) is 9.53 Å². The summed E-state index contributed by atoms with van der Waals surface area (Å²) >= 11 is 8.33. The second-order valence-electron chi connectivity index (χ2n) is 5.02. The number of ether oxygens (including phenoxy) is 1. The Hall–Kier alpha value is -0.980. The fraction of sp³-hybridized carbons (Fsp3) is 0.429. The molecule has 0 aliphatic heterocycles. The molecule has 0 bridgehead atoms. The van der Waals surface area contributed by atoms with Crippen molar-refractivity contribution in [3.63, 3.8) is 0 Å². The summed E-state index contributed by atoms with van der Waals surface area (Å²) < 4.78 is 6.22. The van der Waals surface area contributed by atoms with Crippen molar-refractivity contribution in [2.24, 2.45) is 5.73 Å². The van der Waals surface area contributed by atoms with Gasteiger partial charge in [-0.1, -0.05) is 12.2 Å². The lowest BCUT2D eigenvalue weighted by Crippen LogP contribution is -2.42. The topological polar surface area (TPSA) is 64.3 Å². The van der Waals surface area contributed by atoms with Crippen molar-refractivity contribution in [2.75, 3.05) is 12.4 Å². The fourth-order valence-corrected chi connectivity index (χ4v) is 2.89.